The molecule has 5 nitrogen and oxygen atoms in total. The molecular weight excluding hydrogens is 326 g/mol. The normalized spacial score (nSPS) is 14.7. The van der Waals surface area contributed by atoms with Gasteiger partial charge in [-0.25, -0.2) is 0 Å². The van der Waals surface area contributed by atoms with Crippen LogP contribution in [0.25, 0.3) is 0 Å². The van der Waals surface area contributed by atoms with E-state index in [1.807, 2.05) is 4.90 Å². The van der Waals surface area contributed by atoms with Crippen molar-refractivity contribution in [3.63, 3.8) is 0 Å². The number of benzene rings is 2. The summed E-state index contributed by atoms with van der Waals surface area (Å²) in [5.74, 6) is 0.612. The molecule has 1 saturated heterocycles. The number of carbonyl (C=O) groups is 1. The number of hydrogen-bond acceptors (Lipinski definition) is 4. The van der Waals surface area contributed by atoms with Crippen molar-refractivity contribution in [2.75, 3.05) is 32.8 Å². The predicted octanol–water partition coefficient (Wildman–Crippen LogP) is 2.59. The molecular formula is C21H23N3O2. The van der Waals surface area contributed by atoms with E-state index >= 15 is 0 Å². The van der Waals surface area contributed by atoms with Gasteiger partial charge in [0.05, 0.1) is 11.6 Å². The van der Waals surface area contributed by atoms with E-state index in [4.69, 9.17) is 10.00 Å². The molecule has 1 aliphatic rings. The van der Waals surface area contributed by atoms with Crippen LogP contribution in [-0.2, 0) is 11.3 Å². The van der Waals surface area contributed by atoms with Gasteiger partial charge in [0.2, 0.25) is 0 Å². The van der Waals surface area contributed by atoms with Crippen LogP contribution in [0.15, 0.2) is 48.5 Å². The predicted molar refractivity (Wildman–Crippen MR) is 99.7 cm³/mol. The van der Waals surface area contributed by atoms with Gasteiger partial charge in [0, 0.05) is 32.7 Å². The number of piperazine rings is 1. The first-order valence-electron chi connectivity index (χ1n) is 8.83. The molecule has 0 saturated carbocycles. The summed E-state index contributed by atoms with van der Waals surface area (Å²) in [6.45, 7) is 6.28. The van der Waals surface area contributed by atoms with Gasteiger partial charge in [-0.15, -0.1) is 0 Å². The van der Waals surface area contributed by atoms with Crippen LogP contribution in [0.1, 0.15) is 16.7 Å². The number of ether oxygens (including phenoxy) is 1. The van der Waals surface area contributed by atoms with E-state index in [0.717, 1.165) is 32.7 Å². The van der Waals surface area contributed by atoms with Gasteiger partial charge in [-0.3, -0.25) is 9.69 Å². The van der Waals surface area contributed by atoms with Gasteiger partial charge in [0.25, 0.3) is 5.91 Å². The lowest BCUT2D eigenvalue weighted by atomic mass is 10.1. The standard InChI is InChI=1S/C21H23N3O2/c1-17-4-2-3-5-19(17)15-23-10-12-24(13-11-23)21(25)16-26-20-8-6-18(14-22)7-9-20/h2-9H,10-13,15-16H2,1H3. The summed E-state index contributed by atoms with van der Waals surface area (Å²) in [4.78, 5) is 16.6. The van der Waals surface area contributed by atoms with Crippen LogP contribution in [-0.4, -0.2) is 48.5 Å². The molecule has 2 aromatic rings. The summed E-state index contributed by atoms with van der Waals surface area (Å²) in [5, 5.41) is 8.79. The second-order valence-corrected chi connectivity index (χ2v) is 6.51. The van der Waals surface area contributed by atoms with Gasteiger partial charge >= 0.3 is 0 Å². The highest BCUT2D eigenvalue weighted by Gasteiger charge is 2.21. The lowest BCUT2D eigenvalue weighted by Crippen LogP contribution is -2.49. The smallest absolute Gasteiger partial charge is 0.260 e. The van der Waals surface area contributed by atoms with E-state index in [1.54, 1.807) is 24.3 Å². The maximum atomic E-state index is 12.3. The SMILES string of the molecule is Cc1ccccc1CN1CCN(C(=O)COc2ccc(C#N)cc2)CC1. The molecule has 3 rings (SSSR count). The molecule has 5 heteroatoms. The van der Waals surface area contributed by atoms with E-state index < -0.39 is 0 Å². The van der Waals surface area contributed by atoms with Crippen LogP contribution in [0.3, 0.4) is 0 Å². The fourth-order valence-corrected chi connectivity index (χ4v) is 3.05. The third kappa shape index (κ3) is 4.62. The topological polar surface area (TPSA) is 56.6 Å². The van der Waals surface area contributed by atoms with Gasteiger partial charge in [-0.2, -0.15) is 5.26 Å². The molecule has 0 aliphatic carbocycles. The van der Waals surface area contributed by atoms with Crippen LogP contribution >= 0.6 is 0 Å². The minimum Gasteiger partial charge on any atom is -0.484 e. The molecule has 26 heavy (non-hydrogen) atoms. The van der Waals surface area contributed by atoms with Crippen LogP contribution in [0.4, 0.5) is 0 Å². The van der Waals surface area contributed by atoms with Crippen molar-refractivity contribution in [2.45, 2.75) is 13.5 Å². The average molecular weight is 349 g/mol. The number of amides is 1. The van der Waals surface area contributed by atoms with Crippen molar-refractivity contribution in [1.29, 1.82) is 5.26 Å². The lowest BCUT2D eigenvalue weighted by molar-refractivity contribution is -0.135. The molecule has 0 bridgehead atoms. The van der Waals surface area contributed by atoms with Gasteiger partial charge in [0.15, 0.2) is 6.61 Å². The Hall–Kier alpha value is -2.84. The van der Waals surface area contributed by atoms with E-state index in [-0.39, 0.29) is 12.5 Å². The maximum absolute atomic E-state index is 12.3. The molecule has 2 aromatic carbocycles. The Morgan fingerprint density at radius 1 is 1.08 bits per heavy atom. The highest BCUT2D eigenvalue weighted by molar-refractivity contribution is 5.77. The number of nitriles is 1. The van der Waals surface area contributed by atoms with E-state index in [0.29, 0.717) is 11.3 Å². The zero-order valence-corrected chi connectivity index (χ0v) is 15.0. The summed E-state index contributed by atoms with van der Waals surface area (Å²) in [5.41, 5.74) is 3.23. The van der Waals surface area contributed by atoms with Crippen LogP contribution in [0.2, 0.25) is 0 Å². The fourth-order valence-electron chi connectivity index (χ4n) is 3.05. The number of rotatable bonds is 5. The van der Waals surface area contributed by atoms with Crippen molar-refractivity contribution in [1.82, 2.24) is 9.80 Å². The largest absolute Gasteiger partial charge is 0.484 e. The second-order valence-electron chi connectivity index (χ2n) is 6.51. The Balaban J connectivity index is 1.44. The Morgan fingerprint density at radius 2 is 1.77 bits per heavy atom. The first kappa shape index (κ1) is 18.0. The monoisotopic (exact) mass is 349 g/mol. The van der Waals surface area contributed by atoms with Gasteiger partial charge < -0.3 is 9.64 Å². The molecule has 1 heterocycles. The Kier molecular flexibility index (Phi) is 5.88. The average Bonchev–Trinajstić information content (AvgIpc) is 2.69. The first-order valence-corrected chi connectivity index (χ1v) is 8.83. The number of carbonyl (C=O) groups excluding carboxylic acids is 1. The Labute approximate surface area is 154 Å². The number of aryl methyl sites for hydroxylation is 1. The minimum absolute atomic E-state index is 0.00454. The molecule has 1 amide bonds. The van der Waals surface area contributed by atoms with Gasteiger partial charge in [-0.1, -0.05) is 24.3 Å². The summed E-state index contributed by atoms with van der Waals surface area (Å²) >= 11 is 0. The molecule has 0 atom stereocenters. The maximum Gasteiger partial charge on any atom is 0.260 e. The van der Waals surface area contributed by atoms with E-state index in [2.05, 4.69) is 42.2 Å². The van der Waals surface area contributed by atoms with E-state index in [1.165, 1.54) is 11.1 Å². The third-order valence-electron chi connectivity index (χ3n) is 4.73. The first-order chi connectivity index (χ1) is 12.7. The molecule has 0 spiro atoms. The van der Waals surface area contributed by atoms with Crippen LogP contribution < -0.4 is 4.74 Å². The molecule has 1 aliphatic heterocycles. The summed E-state index contributed by atoms with van der Waals surface area (Å²) < 4.78 is 5.54. The quantitative estimate of drug-likeness (QED) is 0.833. The van der Waals surface area contributed by atoms with Crippen LogP contribution in [0.5, 0.6) is 5.75 Å². The zero-order chi connectivity index (χ0) is 18.4. The van der Waals surface area contributed by atoms with Crippen molar-refractivity contribution < 1.29 is 9.53 Å². The molecule has 134 valence electrons. The fraction of sp³-hybridized carbons (Fsp3) is 0.333. The lowest BCUT2D eigenvalue weighted by Gasteiger charge is -2.35. The molecule has 1 fully saturated rings. The Bertz CT molecular complexity index is 788. The highest BCUT2D eigenvalue weighted by atomic mass is 16.5. The summed E-state index contributed by atoms with van der Waals surface area (Å²) in [6.07, 6.45) is 0. The van der Waals surface area contributed by atoms with Gasteiger partial charge in [0.1, 0.15) is 5.75 Å². The number of nitrogens with zero attached hydrogens (tertiary/aromatic N) is 3. The highest BCUT2D eigenvalue weighted by Crippen LogP contribution is 2.14. The van der Waals surface area contributed by atoms with Crippen molar-refractivity contribution in [2.24, 2.45) is 0 Å². The zero-order valence-electron chi connectivity index (χ0n) is 15.0. The van der Waals surface area contributed by atoms with Gasteiger partial charge in [-0.05, 0) is 42.3 Å². The second kappa shape index (κ2) is 8.50. The van der Waals surface area contributed by atoms with Crippen molar-refractivity contribution >= 4 is 5.91 Å². The summed E-state index contributed by atoms with van der Waals surface area (Å²) in [6, 6.07) is 17.3. The summed E-state index contributed by atoms with van der Waals surface area (Å²) in [7, 11) is 0. The number of hydrogen-bond donors (Lipinski definition) is 0. The Morgan fingerprint density at radius 3 is 2.42 bits per heavy atom. The molecule has 0 unspecified atom stereocenters. The van der Waals surface area contributed by atoms with Crippen LogP contribution in [0, 0.1) is 18.3 Å². The molecule has 0 radical (unpaired) electrons. The van der Waals surface area contributed by atoms with Crippen molar-refractivity contribution in [3.05, 3.63) is 65.2 Å². The molecule has 0 aromatic heterocycles. The van der Waals surface area contributed by atoms with Crippen molar-refractivity contribution in [3.8, 4) is 11.8 Å². The van der Waals surface area contributed by atoms with E-state index in [9.17, 15) is 4.79 Å². The third-order valence-corrected chi connectivity index (χ3v) is 4.73. The molecule has 0 N–H and O–H groups in total. The minimum atomic E-state index is 0.00454.